The summed E-state index contributed by atoms with van der Waals surface area (Å²) in [7, 11) is -2.06. The zero-order chi connectivity index (χ0) is 14.6. The Morgan fingerprint density at radius 1 is 1.45 bits per heavy atom. The maximum absolute atomic E-state index is 12.0. The van der Waals surface area contributed by atoms with Crippen LogP contribution >= 0.6 is 11.3 Å². The van der Waals surface area contributed by atoms with Gasteiger partial charge in [-0.15, -0.1) is 11.3 Å². The Kier molecular flexibility index (Phi) is 4.71. The number of aromatic nitrogens is 1. The molecule has 0 radical (unpaired) electrons. The van der Waals surface area contributed by atoms with E-state index in [-0.39, 0.29) is 18.0 Å². The molecular formula is C12H14N2O4S2. The number of sulfonamides is 1. The van der Waals surface area contributed by atoms with Crippen molar-refractivity contribution in [3.8, 4) is 5.88 Å². The topological polar surface area (TPSA) is 88.5 Å². The molecule has 2 rings (SSSR count). The molecule has 0 aliphatic carbocycles. The van der Waals surface area contributed by atoms with E-state index in [9.17, 15) is 8.42 Å². The van der Waals surface area contributed by atoms with Gasteiger partial charge >= 0.3 is 0 Å². The lowest BCUT2D eigenvalue weighted by molar-refractivity contribution is 0.285. The molecule has 20 heavy (non-hydrogen) atoms. The molecule has 0 atom stereocenters. The number of thiophene rings is 1. The van der Waals surface area contributed by atoms with Gasteiger partial charge in [-0.25, -0.2) is 18.1 Å². The number of aliphatic hydroxyl groups is 1. The number of nitrogens with one attached hydrogen (secondary N) is 1. The van der Waals surface area contributed by atoms with Crippen molar-refractivity contribution in [3.63, 3.8) is 0 Å². The van der Waals surface area contributed by atoms with Gasteiger partial charge in [0, 0.05) is 29.1 Å². The number of methoxy groups -OCH3 is 1. The molecule has 0 aliphatic heterocycles. The average Bonchev–Trinajstić information content (AvgIpc) is 2.95. The van der Waals surface area contributed by atoms with Crippen molar-refractivity contribution in [3.05, 3.63) is 40.2 Å². The zero-order valence-corrected chi connectivity index (χ0v) is 12.4. The highest BCUT2D eigenvalue weighted by atomic mass is 32.2. The monoisotopic (exact) mass is 314 g/mol. The highest BCUT2D eigenvalue weighted by molar-refractivity contribution is 7.89. The zero-order valence-electron chi connectivity index (χ0n) is 10.7. The van der Waals surface area contributed by atoms with E-state index in [1.807, 2.05) is 0 Å². The normalized spacial score (nSPS) is 11.5. The first kappa shape index (κ1) is 14.9. The first-order chi connectivity index (χ1) is 9.55. The van der Waals surface area contributed by atoms with Crippen LogP contribution in [0.4, 0.5) is 0 Å². The molecule has 0 fully saturated rings. The largest absolute Gasteiger partial charge is 0.481 e. The van der Waals surface area contributed by atoms with Crippen molar-refractivity contribution in [1.29, 1.82) is 0 Å². The summed E-state index contributed by atoms with van der Waals surface area (Å²) in [6.45, 7) is -0.0216. The van der Waals surface area contributed by atoms with Gasteiger partial charge in [-0.2, -0.15) is 0 Å². The summed E-state index contributed by atoms with van der Waals surface area (Å²) in [5, 5.41) is 10.4. The minimum atomic E-state index is -3.57. The minimum absolute atomic E-state index is 0.142. The van der Waals surface area contributed by atoms with Gasteiger partial charge < -0.3 is 9.84 Å². The second kappa shape index (κ2) is 6.31. The van der Waals surface area contributed by atoms with Crippen molar-refractivity contribution >= 4 is 21.4 Å². The molecule has 0 spiro atoms. The average molecular weight is 314 g/mol. The van der Waals surface area contributed by atoms with Crippen LogP contribution in [-0.2, 0) is 23.2 Å². The van der Waals surface area contributed by atoms with Gasteiger partial charge in [0.2, 0.25) is 15.9 Å². The predicted molar refractivity (Wildman–Crippen MR) is 75.1 cm³/mol. The SMILES string of the molecule is COc1ccc(CNS(=O)(=O)c2csc(CO)c2)cn1. The van der Waals surface area contributed by atoms with Crippen LogP contribution in [0.15, 0.2) is 34.7 Å². The summed E-state index contributed by atoms with van der Waals surface area (Å²) < 4.78 is 31.5. The molecular weight excluding hydrogens is 300 g/mol. The number of rotatable bonds is 6. The van der Waals surface area contributed by atoms with E-state index in [0.717, 1.165) is 5.56 Å². The summed E-state index contributed by atoms with van der Waals surface area (Å²) in [5.41, 5.74) is 0.729. The smallest absolute Gasteiger partial charge is 0.241 e. The van der Waals surface area contributed by atoms with Crippen LogP contribution in [0.1, 0.15) is 10.4 Å². The fourth-order valence-electron chi connectivity index (χ4n) is 1.48. The van der Waals surface area contributed by atoms with Gasteiger partial charge in [-0.05, 0) is 11.6 Å². The van der Waals surface area contributed by atoms with E-state index in [4.69, 9.17) is 9.84 Å². The maximum atomic E-state index is 12.0. The number of aliphatic hydroxyl groups excluding tert-OH is 1. The fraction of sp³-hybridized carbons (Fsp3) is 0.250. The van der Waals surface area contributed by atoms with Crippen LogP contribution in [0.25, 0.3) is 0 Å². The van der Waals surface area contributed by atoms with Gasteiger partial charge in [0.25, 0.3) is 0 Å². The van der Waals surface area contributed by atoms with E-state index in [1.165, 1.54) is 29.9 Å². The van der Waals surface area contributed by atoms with Crippen LogP contribution in [0.2, 0.25) is 0 Å². The van der Waals surface area contributed by atoms with Crippen molar-refractivity contribution in [2.75, 3.05) is 7.11 Å². The quantitative estimate of drug-likeness (QED) is 0.834. The van der Waals surface area contributed by atoms with E-state index in [2.05, 4.69) is 9.71 Å². The van der Waals surface area contributed by atoms with Crippen LogP contribution in [0.5, 0.6) is 5.88 Å². The highest BCUT2D eigenvalue weighted by Gasteiger charge is 2.15. The van der Waals surface area contributed by atoms with E-state index >= 15 is 0 Å². The molecule has 8 heteroatoms. The van der Waals surface area contributed by atoms with Gasteiger partial charge in [0.1, 0.15) is 0 Å². The second-order valence-corrected chi connectivity index (χ2v) is 6.70. The summed E-state index contributed by atoms with van der Waals surface area (Å²) in [6.07, 6.45) is 1.55. The van der Waals surface area contributed by atoms with Crippen LogP contribution < -0.4 is 9.46 Å². The van der Waals surface area contributed by atoms with E-state index in [1.54, 1.807) is 18.3 Å². The van der Waals surface area contributed by atoms with Crippen molar-refractivity contribution in [2.24, 2.45) is 0 Å². The van der Waals surface area contributed by atoms with E-state index in [0.29, 0.717) is 10.8 Å². The van der Waals surface area contributed by atoms with E-state index < -0.39 is 10.0 Å². The molecule has 6 nitrogen and oxygen atoms in total. The third-order valence-corrected chi connectivity index (χ3v) is 5.02. The molecule has 2 heterocycles. The number of hydrogen-bond acceptors (Lipinski definition) is 6. The van der Waals surface area contributed by atoms with Gasteiger partial charge in [-0.3, -0.25) is 0 Å². The molecule has 0 saturated carbocycles. The first-order valence-corrected chi connectivity index (χ1v) is 8.08. The Morgan fingerprint density at radius 3 is 2.80 bits per heavy atom. The molecule has 0 amide bonds. The standard InChI is InChI=1S/C12H14N2O4S2/c1-18-12-3-2-9(5-13-12)6-14-20(16,17)11-4-10(7-15)19-8-11/h2-5,8,14-15H,6-7H2,1H3. The highest BCUT2D eigenvalue weighted by Crippen LogP contribution is 2.19. The number of nitrogens with zero attached hydrogens (tertiary/aromatic N) is 1. The maximum Gasteiger partial charge on any atom is 0.241 e. The molecule has 0 aliphatic rings. The molecule has 2 N–H and O–H groups in total. The van der Waals surface area contributed by atoms with Crippen molar-refractivity contribution in [2.45, 2.75) is 18.0 Å². The Morgan fingerprint density at radius 2 is 2.25 bits per heavy atom. The molecule has 108 valence electrons. The number of hydrogen-bond donors (Lipinski definition) is 2. The summed E-state index contributed by atoms with van der Waals surface area (Å²) in [5.74, 6) is 0.474. The van der Waals surface area contributed by atoms with Crippen LogP contribution in [-0.4, -0.2) is 25.6 Å². The molecule has 2 aromatic rings. The molecule has 0 unspecified atom stereocenters. The molecule has 2 aromatic heterocycles. The fourth-order valence-corrected chi connectivity index (χ4v) is 3.63. The molecule has 0 bridgehead atoms. The summed E-state index contributed by atoms with van der Waals surface area (Å²) in [4.78, 5) is 4.77. The summed E-state index contributed by atoms with van der Waals surface area (Å²) in [6, 6.07) is 4.86. The van der Waals surface area contributed by atoms with Gasteiger partial charge in [0.15, 0.2) is 0 Å². The third-order valence-electron chi connectivity index (χ3n) is 2.57. The second-order valence-electron chi connectivity index (χ2n) is 3.94. The third kappa shape index (κ3) is 3.54. The lowest BCUT2D eigenvalue weighted by Gasteiger charge is -2.05. The van der Waals surface area contributed by atoms with Crippen LogP contribution in [0, 0.1) is 0 Å². The van der Waals surface area contributed by atoms with Gasteiger partial charge in [0.05, 0.1) is 18.6 Å². The lowest BCUT2D eigenvalue weighted by atomic mass is 10.3. The number of pyridine rings is 1. The summed E-state index contributed by atoms with van der Waals surface area (Å²) >= 11 is 1.20. The van der Waals surface area contributed by atoms with Gasteiger partial charge in [-0.1, -0.05) is 6.07 Å². The Balaban J connectivity index is 2.04. The Bertz CT molecular complexity index is 665. The minimum Gasteiger partial charge on any atom is -0.481 e. The Labute approximate surface area is 121 Å². The van der Waals surface area contributed by atoms with Crippen molar-refractivity contribution in [1.82, 2.24) is 9.71 Å². The first-order valence-electron chi connectivity index (χ1n) is 5.72. The predicted octanol–water partition coefficient (Wildman–Crippen LogP) is 1.12. The Hall–Kier alpha value is -1.48. The molecule has 0 aromatic carbocycles. The molecule has 0 saturated heterocycles. The number of ether oxygens (including phenoxy) is 1. The van der Waals surface area contributed by atoms with Crippen LogP contribution in [0.3, 0.4) is 0 Å². The lowest BCUT2D eigenvalue weighted by Crippen LogP contribution is -2.22. The van der Waals surface area contributed by atoms with Crippen molar-refractivity contribution < 1.29 is 18.3 Å².